The van der Waals surface area contributed by atoms with E-state index in [4.69, 9.17) is 5.14 Å². The highest BCUT2D eigenvalue weighted by Gasteiger charge is 2.21. The number of fused-ring (bicyclic) bond motifs is 1. The summed E-state index contributed by atoms with van der Waals surface area (Å²) in [4.78, 5) is 31.6. The zero-order chi connectivity index (χ0) is 19.6. The summed E-state index contributed by atoms with van der Waals surface area (Å²) in [6, 6.07) is 5.72. The van der Waals surface area contributed by atoms with Crippen LogP contribution in [0.2, 0.25) is 0 Å². The molecule has 0 atom stereocenters. The molecule has 0 unspecified atom stereocenters. The summed E-state index contributed by atoms with van der Waals surface area (Å²) in [7, 11) is -1.75. The molecule has 0 radical (unpaired) electrons. The SMILES string of the molecule is CN1CCc2nc(NC(=O)C(=O)NCc3ccc(S(N)(=O)=O)cc3)sc2C1. The average Bonchev–Trinajstić information content (AvgIpc) is 3.00. The molecule has 0 aliphatic carbocycles. The van der Waals surface area contributed by atoms with Crippen molar-refractivity contribution in [2.75, 3.05) is 18.9 Å². The number of rotatable bonds is 4. The Labute approximate surface area is 160 Å². The Bertz CT molecular complexity index is 969. The number of thiazole rings is 1. The number of benzene rings is 1. The van der Waals surface area contributed by atoms with E-state index in [1.54, 1.807) is 0 Å². The number of anilines is 1. The van der Waals surface area contributed by atoms with Gasteiger partial charge in [0, 0.05) is 30.9 Å². The van der Waals surface area contributed by atoms with E-state index in [2.05, 4.69) is 20.5 Å². The number of nitrogens with one attached hydrogen (secondary N) is 2. The molecule has 3 rings (SSSR count). The molecular weight excluding hydrogens is 390 g/mol. The van der Waals surface area contributed by atoms with Crippen LogP contribution < -0.4 is 15.8 Å². The van der Waals surface area contributed by atoms with Crippen molar-refractivity contribution in [2.45, 2.75) is 24.4 Å². The Hall–Kier alpha value is -2.34. The van der Waals surface area contributed by atoms with Gasteiger partial charge in [0.2, 0.25) is 10.0 Å². The fraction of sp³-hybridized carbons (Fsp3) is 0.312. The minimum atomic E-state index is -3.76. The van der Waals surface area contributed by atoms with Crippen molar-refractivity contribution in [3.63, 3.8) is 0 Å². The maximum atomic E-state index is 12.0. The highest BCUT2D eigenvalue weighted by molar-refractivity contribution is 7.89. The summed E-state index contributed by atoms with van der Waals surface area (Å²) in [5.41, 5.74) is 1.60. The van der Waals surface area contributed by atoms with Gasteiger partial charge < -0.3 is 10.2 Å². The highest BCUT2D eigenvalue weighted by atomic mass is 32.2. The van der Waals surface area contributed by atoms with Crippen LogP contribution in [0.3, 0.4) is 0 Å². The van der Waals surface area contributed by atoms with Gasteiger partial charge in [-0.1, -0.05) is 12.1 Å². The second kappa shape index (κ2) is 7.72. The number of nitrogens with two attached hydrogens (primary N) is 1. The normalized spacial score (nSPS) is 14.4. The number of likely N-dealkylation sites (N-methyl/N-ethyl adjacent to an activating group) is 1. The highest BCUT2D eigenvalue weighted by Crippen LogP contribution is 2.27. The molecule has 0 bridgehead atoms. The number of aromatic nitrogens is 1. The number of nitrogens with zero attached hydrogens (tertiary/aromatic N) is 2. The fourth-order valence-electron chi connectivity index (χ4n) is 2.59. The van der Waals surface area contributed by atoms with E-state index in [-0.39, 0.29) is 11.4 Å². The Balaban J connectivity index is 1.54. The number of amides is 2. The van der Waals surface area contributed by atoms with Gasteiger partial charge in [-0.15, -0.1) is 11.3 Å². The van der Waals surface area contributed by atoms with Gasteiger partial charge in [0.05, 0.1) is 10.6 Å². The van der Waals surface area contributed by atoms with E-state index in [1.807, 2.05) is 7.05 Å². The average molecular weight is 409 g/mol. The van der Waals surface area contributed by atoms with E-state index in [9.17, 15) is 18.0 Å². The molecule has 4 N–H and O–H groups in total. The van der Waals surface area contributed by atoms with Crippen molar-refractivity contribution in [3.05, 3.63) is 40.4 Å². The lowest BCUT2D eigenvalue weighted by molar-refractivity contribution is -0.136. The van der Waals surface area contributed by atoms with Gasteiger partial charge in [0.1, 0.15) is 0 Å². The number of hydrogen-bond donors (Lipinski definition) is 3. The third kappa shape index (κ3) is 4.89. The van der Waals surface area contributed by atoms with Crippen molar-refractivity contribution < 1.29 is 18.0 Å². The lowest BCUT2D eigenvalue weighted by Crippen LogP contribution is -2.34. The van der Waals surface area contributed by atoms with Crippen LogP contribution in [0.5, 0.6) is 0 Å². The van der Waals surface area contributed by atoms with Crippen LogP contribution in [0.1, 0.15) is 16.1 Å². The molecule has 2 amide bonds. The number of carbonyl (C=O) groups excluding carboxylic acids is 2. The molecule has 0 fully saturated rings. The van der Waals surface area contributed by atoms with Crippen LogP contribution in [0.25, 0.3) is 0 Å². The molecule has 1 aromatic heterocycles. The van der Waals surface area contributed by atoms with E-state index in [0.717, 1.165) is 30.1 Å². The summed E-state index contributed by atoms with van der Waals surface area (Å²) < 4.78 is 22.4. The predicted molar refractivity (Wildman–Crippen MR) is 100 cm³/mol. The first-order valence-electron chi connectivity index (χ1n) is 8.10. The van der Waals surface area contributed by atoms with Crippen molar-refractivity contribution in [1.29, 1.82) is 0 Å². The summed E-state index contributed by atoms with van der Waals surface area (Å²) >= 11 is 1.37. The first-order valence-corrected chi connectivity index (χ1v) is 10.5. The number of carbonyl (C=O) groups is 2. The molecule has 1 aliphatic rings. The molecule has 1 aromatic carbocycles. The molecule has 0 saturated heterocycles. The molecule has 27 heavy (non-hydrogen) atoms. The molecule has 9 nitrogen and oxygen atoms in total. The minimum Gasteiger partial charge on any atom is -0.344 e. The molecule has 2 aromatic rings. The van der Waals surface area contributed by atoms with Crippen LogP contribution in [-0.4, -0.2) is 43.7 Å². The monoisotopic (exact) mass is 409 g/mol. The van der Waals surface area contributed by atoms with Crippen molar-refractivity contribution >= 4 is 38.3 Å². The number of hydrogen-bond acceptors (Lipinski definition) is 7. The molecule has 11 heteroatoms. The first kappa shape index (κ1) is 19.4. The minimum absolute atomic E-state index is 0.0197. The van der Waals surface area contributed by atoms with Crippen molar-refractivity contribution in [3.8, 4) is 0 Å². The smallest absolute Gasteiger partial charge is 0.315 e. The maximum absolute atomic E-state index is 12.0. The molecule has 0 spiro atoms. The van der Waals surface area contributed by atoms with Crippen LogP contribution in [-0.2, 0) is 39.1 Å². The van der Waals surface area contributed by atoms with Gasteiger partial charge in [-0.2, -0.15) is 0 Å². The lowest BCUT2D eigenvalue weighted by atomic mass is 10.2. The zero-order valence-electron chi connectivity index (χ0n) is 14.6. The van der Waals surface area contributed by atoms with Crippen LogP contribution >= 0.6 is 11.3 Å². The predicted octanol–water partition coefficient (Wildman–Crippen LogP) is 0.0333. The summed E-state index contributed by atoms with van der Waals surface area (Å²) in [5.74, 6) is -1.59. The van der Waals surface area contributed by atoms with Gasteiger partial charge in [-0.25, -0.2) is 18.5 Å². The molecule has 0 saturated carbocycles. The molecule has 144 valence electrons. The first-order chi connectivity index (χ1) is 12.7. The Morgan fingerprint density at radius 2 is 1.96 bits per heavy atom. The lowest BCUT2D eigenvalue weighted by Gasteiger charge is -2.20. The van der Waals surface area contributed by atoms with Gasteiger partial charge in [-0.3, -0.25) is 14.9 Å². The summed E-state index contributed by atoms with van der Waals surface area (Å²) in [5, 5.41) is 10.4. The van der Waals surface area contributed by atoms with Crippen molar-refractivity contribution in [1.82, 2.24) is 15.2 Å². The largest absolute Gasteiger partial charge is 0.344 e. The molecular formula is C16H19N5O4S2. The third-order valence-corrected chi connectivity index (χ3v) is 5.98. The topological polar surface area (TPSA) is 134 Å². The van der Waals surface area contributed by atoms with Gasteiger partial charge in [0.25, 0.3) is 0 Å². The van der Waals surface area contributed by atoms with E-state index in [1.165, 1.54) is 35.6 Å². The standard InChI is InChI=1S/C16H19N5O4S2/c1-21-7-6-12-13(9-21)26-16(19-12)20-15(23)14(22)18-8-10-2-4-11(5-3-10)27(17,24)25/h2-5H,6-9H2,1H3,(H,18,22)(H2,17,24,25)(H,19,20,23). The number of sulfonamides is 1. The van der Waals surface area contributed by atoms with Gasteiger partial charge >= 0.3 is 11.8 Å². The Kier molecular flexibility index (Phi) is 5.56. The van der Waals surface area contributed by atoms with E-state index >= 15 is 0 Å². The summed E-state index contributed by atoms with van der Waals surface area (Å²) in [6.45, 7) is 1.77. The maximum Gasteiger partial charge on any atom is 0.315 e. The summed E-state index contributed by atoms with van der Waals surface area (Å²) in [6.07, 6.45) is 0.818. The zero-order valence-corrected chi connectivity index (χ0v) is 16.2. The molecule has 2 heterocycles. The van der Waals surface area contributed by atoms with E-state index < -0.39 is 21.8 Å². The van der Waals surface area contributed by atoms with Gasteiger partial charge in [-0.05, 0) is 24.7 Å². The second-order valence-electron chi connectivity index (χ2n) is 6.20. The quantitative estimate of drug-likeness (QED) is 0.610. The Morgan fingerprint density at radius 1 is 1.26 bits per heavy atom. The van der Waals surface area contributed by atoms with Crippen LogP contribution in [0.4, 0.5) is 5.13 Å². The second-order valence-corrected chi connectivity index (χ2v) is 8.85. The van der Waals surface area contributed by atoms with Gasteiger partial charge in [0.15, 0.2) is 5.13 Å². The van der Waals surface area contributed by atoms with Crippen LogP contribution in [0, 0.1) is 0 Å². The number of primary sulfonamides is 1. The van der Waals surface area contributed by atoms with Crippen molar-refractivity contribution in [2.24, 2.45) is 5.14 Å². The fourth-order valence-corrected chi connectivity index (χ4v) is 4.19. The van der Waals surface area contributed by atoms with E-state index in [0.29, 0.717) is 10.7 Å². The Morgan fingerprint density at radius 3 is 2.63 bits per heavy atom. The molecule has 1 aliphatic heterocycles. The van der Waals surface area contributed by atoms with Crippen LogP contribution in [0.15, 0.2) is 29.2 Å². The third-order valence-electron chi connectivity index (χ3n) is 4.05.